The van der Waals surface area contributed by atoms with Crippen LogP contribution in [0.25, 0.3) is 0 Å². The molecule has 1 N–H and O–H groups in total. The van der Waals surface area contributed by atoms with E-state index >= 15 is 0 Å². The molecule has 170 valence electrons. The molecule has 1 aliphatic heterocycles. The number of carbonyl (C=O) groups is 2. The minimum atomic E-state index is -3.74. The highest BCUT2D eigenvalue weighted by atomic mass is 35.5. The summed E-state index contributed by atoms with van der Waals surface area (Å²) in [6.07, 6.45) is 2.26. The Balaban J connectivity index is 1.47. The molecule has 2 aromatic carbocycles. The van der Waals surface area contributed by atoms with Crippen molar-refractivity contribution in [3.05, 3.63) is 47.0 Å². The van der Waals surface area contributed by atoms with Gasteiger partial charge < -0.3 is 15.0 Å². The molecule has 0 unspecified atom stereocenters. The van der Waals surface area contributed by atoms with E-state index in [1.807, 2.05) is 0 Å². The Morgan fingerprint density at radius 1 is 1.22 bits per heavy atom. The molecule has 1 aliphatic carbocycles. The van der Waals surface area contributed by atoms with Crippen molar-refractivity contribution >= 4 is 44.6 Å². The lowest BCUT2D eigenvalue weighted by Gasteiger charge is -2.18. The molecule has 1 saturated carbocycles. The van der Waals surface area contributed by atoms with Crippen LogP contribution < -0.4 is 15.0 Å². The van der Waals surface area contributed by atoms with E-state index in [-0.39, 0.29) is 23.1 Å². The molecule has 0 bridgehead atoms. The molecule has 0 saturated heterocycles. The van der Waals surface area contributed by atoms with Gasteiger partial charge in [-0.05, 0) is 68.1 Å². The van der Waals surface area contributed by atoms with Crippen LogP contribution in [-0.2, 0) is 25.8 Å². The largest absolute Gasteiger partial charge is 0.495 e. The predicted octanol–water partition coefficient (Wildman–Crippen LogP) is 3.84. The first kappa shape index (κ1) is 22.6. The summed E-state index contributed by atoms with van der Waals surface area (Å²) in [5.74, 6) is 0.216. The summed E-state index contributed by atoms with van der Waals surface area (Å²) in [5.41, 5.74) is 2.02. The molecule has 9 heteroatoms. The van der Waals surface area contributed by atoms with E-state index in [0.29, 0.717) is 29.4 Å². The first-order valence-corrected chi connectivity index (χ1v) is 12.4. The second-order valence-electron chi connectivity index (χ2n) is 8.26. The van der Waals surface area contributed by atoms with E-state index in [4.69, 9.17) is 16.3 Å². The third kappa shape index (κ3) is 4.47. The topological polar surface area (TPSA) is 92.8 Å². The molecule has 2 amide bonds. The summed E-state index contributed by atoms with van der Waals surface area (Å²) in [6.45, 7) is 2.09. The smallest absolute Gasteiger partial charge is 0.230 e. The van der Waals surface area contributed by atoms with Crippen LogP contribution in [0.4, 0.5) is 11.4 Å². The second-order valence-corrected chi connectivity index (χ2v) is 11.1. The van der Waals surface area contributed by atoms with E-state index in [1.54, 1.807) is 35.2 Å². The average Bonchev–Trinajstić information content (AvgIpc) is 3.52. The Kier molecular flexibility index (Phi) is 6.18. The molecule has 0 aromatic heterocycles. The van der Waals surface area contributed by atoms with Gasteiger partial charge >= 0.3 is 0 Å². The van der Waals surface area contributed by atoms with Crippen LogP contribution in [0.2, 0.25) is 5.02 Å². The number of ether oxygens (including phenoxy) is 1. The third-order valence-electron chi connectivity index (χ3n) is 5.91. The SMILES string of the molecule is COc1ccc(Cl)cc1NC(=O)C[C@H](C)S(=O)(=O)c1ccc2c(c1)CCN2C(=O)C1CC1. The lowest BCUT2D eigenvalue weighted by Crippen LogP contribution is -2.30. The zero-order chi connectivity index (χ0) is 23.0. The number of hydrogen-bond donors (Lipinski definition) is 1. The quantitative estimate of drug-likeness (QED) is 0.655. The fourth-order valence-electron chi connectivity index (χ4n) is 3.92. The Morgan fingerprint density at radius 2 is 1.97 bits per heavy atom. The van der Waals surface area contributed by atoms with E-state index in [2.05, 4.69) is 5.32 Å². The van der Waals surface area contributed by atoms with Crippen molar-refractivity contribution in [3.8, 4) is 5.75 Å². The maximum atomic E-state index is 13.1. The number of sulfone groups is 1. The van der Waals surface area contributed by atoms with E-state index in [0.717, 1.165) is 24.1 Å². The highest BCUT2D eigenvalue weighted by Crippen LogP contribution is 2.37. The maximum Gasteiger partial charge on any atom is 0.230 e. The molecule has 1 atom stereocenters. The fourth-order valence-corrected chi connectivity index (χ4v) is 5.49. The van der Waals surface area contributed by atoms with Crippen molar-refractivity contribution in [3.63, 3.8) is 0 Å². The molecule has 2 aliphatic rings. The minimum Gasteiger partial charge on any atom is -0.495 e. The van der Waals surface area contributed by atoms with Crippen LogP contribution >= 0.6 is 11.6 Å². The Hall–Kier alpha value is -2.58. The van der Waals surface area contributed by atoms with E-state index in [1.165, 1.54) is 20.1 Å². The molecule has 32 heavy (non-hydrogen) atoms. The van der Waals surface area contributed by atoms with Crippen LogP contribution in [0.5, 0.6) is 5.75 Å². The summed E-state index contributed by atoms with van der Waals surface area (Å²) in [7, 11) is -2.26. The van der Waals surface area contributed by atoms with Gasteiger partial charge in [-0.15, -0.1) is 0 Å². The Morgan fingerprint density at radius 3 is 2.66 bits per heavy atom. The van der Waals surface area contributed by atoms with Gasteiger partial charge in [0, 0.05) is 29.6 Å². The van der Waals surface area contributed by atoms with E-state index in [9.17, 15) is 18.0 Å². The number of carbonyl (C=O) groups excluding carboxylic acids is 2. The second kappa shape index (κ2) is 8.75. The van der Waals surface area contributed by atoms with Gasteiger partial charge in [-0.2, -0.15) is 0 Å². The van der Waals surface area contributed by atoms with Gasteiger partial charge in [-0.1, -0.05) is 11.6 Å². The highest BCUT2D eigenvalue weighted by Gasteiger charge is 2.37. The van der Waals surface area contributed by atoms with Crippen LogP contribution in [0.3, 0.4) is 0 Å². The average molecular weight is 477 g/mol. The fraction of sp³-hybridized carbons (Fsp3) is 0.391. The van der Waals surface area contributed by atoms with Crippen LogP contribution in [0.15, 0.2) is 41.3 Å². The van der Waals surface area contributed by atoms with Crippen molar-refractivity contribution in [1.29, 1.82) is 0 Å². The number of halogens is 1. The number of rotatable bonds is 7. The van der Waals surface area contributed by atoms with Gasteiger partial charge in [0.2, 0.25) is 11.8 Å². The van der Waals surface area contributed by atoms with Gasteiger partial charge in [0.25, 0.3) is 0 Å². The van der Waals surface area contributed by atoms with Gasteiger partial charge in [-0.25, -0.2) is 8.42 Å². The number of fused-ring (bicyclic) bond motifs is 1. The summed E-state index contributed by atoms with van der Waals surface area (Å²) in [6, 6.07) is 9.68. The first-order valence-electron chi connectivity index (χ1n) is 10.5. The van der Waals surface area contributed by atoms with Crippen LogP contribution in [0.1, 0.15) is 31.7 Å². The van der Waals surface area contributed by atoms with Gasteiger partial charge in [0.1, 0.15) is 5.75 Å². The number of methoxy groups -OCH3 is 1. The number of hydrogen-bond acceptors (Lipinski definition) is 5. The third-order valence-corrected chi connectivity index (χ3v) is 8.28. The number of nitrogens with one attached hydrogen (secondary N) is 1. The van der Waals surface area contributed by atoms with Crippen molar-refractivity contribution in [1.82, 2.24) is 0 Å². The molecule has 0 radical (unpaired) electrons. The van der Waals surface area contributed by atoms with Crippen molar-refractivity contribution in [2.24, 2.45) is 5.92 Å². The van der Waals surface area contributed by atoms with Crippen molar-refractivity contribution in [2.75, 3.05) is 23.9 Å². The minimum absolute atomic E-state index is 0.112. The molecule has 4 rings (SSSR count). The molecule has 2 aromatic rings. The van der Waals surface area contributed by atoms with Crippen LogP contribution in [0, 0.1) is 5.92 Å². The Labute approximate surface area is 192 Å². The first-order chi connectivity index (χ1) is 15.2. The number of anilines is 2. The van der Waals surface area contributed by atoms with Crippen molar-refractivity contribution in [2.45, 2.75) is 42.8 Å². The molecule has 7 nitrogen and oxygen atoms in total. The summed E-state index contributed by atoms with van der Waals surface area (Å²) in [4.78, 5) is 26.9. The van der Waals surface area contributed by atoms with Gasteiger partial charge in [-0.3, -0.25) is 9.59 Å². The zero-order valence-corrected chi connectivity index (χ0v) is 19.5. The number of amides is 2. The number of benzene rings is 2. The van der Waals surface area contributed by atoms with E-state index < -0.39 is 21.0 Å². The maximum absolute atomic E-state index is 13.1. The summed E-state index contributed by atoms with van der Waals surface area (Å²) in [5, 5.41) is 2.17. The zero-order valence-electron chi connectivity index (χ0n) is 17.9. The predicted molar refractivity (Wildman–Crippen MR) is 123 cm³/mol. The molecular formula is C23H25ClN2O5S. The normalized spacial score (nSPS) is 16.4. The van der Waals surface area contributed by atoms with Gasteiger partial charge in [0.15, 0.2) is 9.84 Å². The lowest BCUT2D eigenvalue weighted by molar-refractivity contribution is -0.119. The summed E-state index contributed by atoms with van der Waals surface area (Å²) < 4.78 is 31.5. The molecular weight excluding hydrogens is 452 g/mol. The summed E-state index contributed by atoms with van der Waals surface area (Å²) >= 11 is 5.99. The monoisotopic (exact) mass is 476 g/mol. The number of nitrogens with zero attached hydrogens (tertiary/aromatic N) is 1. The standard InChI is InChI=1S/C23H25ClN2O5S/c1-14(11-22(27)25-19-13-17(24)5-8-21(19)31-2)32(29,30)18-6-7-20-16(12-18)9-10-26(20)23(28)15-3-4-15/h5-8,12-15H,3-4,9-11H2,1-2H3,(H,25,27)/t14-/m0/s1. The Bertz CT molecular complexity index is 1180. The van der Waals surface area contributed by atoms with Gasteiger partial charge in [0.05, 0.1) is 22.9 Å². The highest BCUT2D eigenvalue weighted by molar-refractivity contribution is 7.92. The molecule has 0 spiro atoms. The molecule has 1 heterocycles. The molecule has 1 fully saturated rings. The van der Waals surface area contributed by atoms with Crippen LogP contribution in [-0.4, -0.2) is 39.1 Å². The van der Waals surface area contributed by atoms with Crippen molar-refractivity contribution < 1.29 is 22.7 Å². The lowest BCUT2D eigenvalue weighted by atomic mass is 10.2.